The Kier molecular flexibility index (Phi) is 8.69. The molecule has 3 N–H and O–H groups in total. The molecule has 20 heavy (non-hydrogen) atoms. The number of ether oxygens (including phenoxy) is 1. The molecular formula is C15H28O5. The molecule has 0 radical (unpaired) electrons. The third kappa shape index (κ3) is 7.62. The molecule has 0 aliphatic carbocycles. The first-order valence-electron chi connectivity index (χ1n) is 7.22. The number of carbonyl (C=O) groups is 1. The van der Waals surface area contributed by atoms with Crippen molar-refractivity contribution in [1.82, 2.24) is 0 Å². The molecular weight excluding hydrogens is 260 g/mol. The van der Waals surface area contributed by atoms with Gasteiger partial charge >= 0.3 is 11.9 Å². The van der Waals surface area contributed by atoms with Crippen LogP contribution in [0, 0.1) is 0 Å². The molecule has 118 valence electrons. The first-order chi connectivity index (χ1) is 9.20. The molecule has 0 spiro atoms. The van der Waals surface area contributed by atoms with Crippen LogP contribution in [0.3, 0.4) is 0 Å². The molecule has 1 unspecified atom stereocenters. The third-order valence-electron chi connectivity index (χ3n) is 3.31. The van der Waals surface area contributed by atoms with Crippen molar-refractivity contribution in [2.45, 2.75) is 78.3 Å². The van der Waals surface area contributed by atoms with E-state index >= 15 is 0 Å². The van der Waals surface area contributed by atoms with Crippen LogP contribution < -0.4 is 0 Å². The lowest BCUT2D eigenvalue weighted by atomic mass is 10.1. The van der Waals surface area contributed by atoms with Gasteiger partial charge in [0.2, 0.25) is 0 Å². The lowest BCUT2D eigenvalue weighted by molar-refractivity contribution is -0.356. The van der Waals surface area contributed by atoms with E-state index in [1.807, 2.05) is 0 Å². The van der Waals surface area contributed by atoms with Crippen LogP contribution in [0.4, 0.5) is 0 Å². The predicted octanol–water partition coefficient (Wildman–Crippen LogP) is 2.25. The summed E-state index contributed by atoms with van der Waals surface area (Å²) in [5.41, 5.74) is 1.20. The highest BCUT2D eigenvalue weighted by molar-refractivity contribution is 5.88. The van der Waals surface area contributed by atoms with Crippen molar-refractivity contribution in [2.24, 2.45) is 0 Å². The average Bonchev–Trinajstić information content (AvgIpc) is 2.34. The van der Waals surface area contributed by atoms with Gasteiger partial charge in [-0.3, -0.25) is 0 Å². The second kappa shape index (κ2) is 9.10. The van der Waals surface area contributed by atoms with Gasteiger partial charge in [-0.1, -0.05) is 38.2 Å². The van der Waals surface area contributed by atoms with Crippen molar-refractivity contribution in [3.05, 3.63) is 11.1 Å². The van der Waals surface area contributed by atoms with E-state index in [4.69, 9.17) is 4.74 Å². The van der Waals surface area contributed by atoms with Gasteiger partial charge in [0.15, 0.2) is 6.10 Å². The highest BCUT2D eigenvalue weighted by Crippen LogP contribution is 2.18. The van der Waals surface area contributed by atoms with E-state index in [2.05, 4.69) is 6.92 Å². The number of hydrogen-bond donors (Lipinski definition) is 3. The highest BCUT2D eigenvalue weighted by Gasteiger charge is 2.35. The Balaban J connectivity index is 4.45. The number of allylic oxidation sites excluding steroid dienone is 1. The Bertz CT molecular complexity index is 324. The van der Waals surface area contributed by atoms with Crippen LogP contribution in [0.1, 0.15) is 66.2 Å². The Morgan fingerprint density at radius 1 is 1.05 bits per heavy atom. The predicted molar refractivity (Wildman–Crippen MR) is 76.7 cm³/mol. The standard InChI is InChI=1S/C15H28O5/c1-5-6-7-8-9-10-13(15(17,18)19)20-14(16)12(4)11(2)3/h13,17-19H,5-10H2,1-4H3. The van der Waals surface area contributed by atoms with Gasteiger partial charge in [0.1, 0.15) is 0 Å². The van der Waals surface area contributed by atoms with Crippen LogP contribution in [0.5, 0.6) is 0 Å². The van der Waals surface area contributed by atoms with Gasteiger partial charge in [0, 0.05) is 5.57 Å². The van der Waals surface area contributed by atoms with E-state index in [0.717, 1.165) is 31.3 Å². The SMILES string of the molecule is CCCCCCCC(OC(=O)C(C)=C(C)C)C(O)(O)O. The lowest BCUT2D eigenvalue weighted by Crippen LogP contribution is -2.45. The normalized spacial score (nSPS) is 12.9. The van der Waals surface area contributed by atoms with E-state index in [0.29, 0.717) is 12.0 Å². The lowest BCUT2D eigenvalue weighted by Gasteiger charge is -2.26. The summed E-state index contributed by atoms with van der Waals surface area (Å²) >= 11 is 0. The minimum absolute atomic E-state index is 0.217. The molecule has 0 aromatic rings. The smallest absolute Gasteiger partial charge is 0.334 e. The second-order valence-corrected chi connectivity index (χ2v) is 5.41. The van der Waals surface area contributed by atoms with Crippen molar-refractivity contribution in [2.75, 3.05) is 0 Å². The number of carbonyl (C=O) groups excluding carboxylic acids is 1. The summed E-state index contributed by atoms with van der Waals surface area (Å²) in [6.07, 6.45) is 3.72. The van der Waals surface area contributed by atoms with Crippen LogP contribution in [0.15, 0.2) is 11.1 Å². The van der Waals surface area contributed by atoms with Crippen molar-refractivity contribution in [3.8, 4) is 0 Å². The molecule has 0 bridgehead atoms. The maximum atomic E-state index is 11.8. The second-order valence-electron chi connectivity index (χ2n) is 5.41. The molecule has 0 aliphatic heterocycles. The van der Waals surface area contributed by atoms with Crippen LogP contribution in [-0.2, 0) is 9.53 Å². The first kappa shape index (κ1) is 19.1. The fraction of sp³-hybridized carbons (Fsp3) is 0.800. The summed E-state index contributed by atoms with van der Waals surface area (Å²) in [5.74, 6) is -3.63. The zero-order valence-electron chi connectivity index (χ0n) is 13.0. The quantitative estimate of drug-likeness (QED) is 0.262. The average molecular weight is 288 g/mol. The third-order valence-corrected chi connectivity index (χ3v) is 3.31. The number of aliphatic hydroxyl groups is 3. The summed E-state index contributed by atoms with van der Waals surface area (Å²) in [4.78, 5) is 11.8. The van der Waals surface area contributed by atoms with Crippen LogP contribution >= 0.6 is 0 Å². The molecule has 1 atom stereocenters. The Morgan fingerprint density at radius 3 is 2.05 bits per heavy atom. The molecule has 0 saturated carbocycles. The molecule has 0 saturated heterocycles. The molecule has 0 aliphatic rings. The molecule has 5 heteroatoms. The zero-order chi connectivity index (χ0) is 15.8. The number of esters is 1. The molecule has 0 rings (SSSR count). The number of rotatable bonds is 9. The van der Waals surface area contributed by atoms with E-state index in [9.17, 15) is 20.1 Å². The minimum Gasteiger partial charge on any atom is -0.450 e. The number of hydrogen-bond acceptors (Lipinski definition) is 5. The molecule has 0 fully saturated rings. The molecule has 0 amide bonds. The Morgan fingerprint density at radius 2 is 1.60 bits per heavy atom. The highest BCUT2D eigenvalue weighted by atomic mass is 16.7. The van der Waals surface area contributed by atoms with E-state index in [1.54, 1.807) is 20.8 Å². The summed E-state index contributed by atoms with van der Waals surface area (Å²) in [6, 6.07) is 0. The topological polar surface area (TPSA) is 87.0 Å². The minimum atomic E-state index is -3.00. The van der Waals surface area contributed by atoms with E-state index in [-0.39, 0.29) is 6.42 Å². The van der Waals surface area contributed by atoms with E-state index in [1.165, 1.54) is 0 Å². The number of unbranched alkanes of at least 4 members (excludes halogenated alkanes) is 4. The molecule has 5 nitrogen and oxygen atoms in total. The van der Waals surface area contributed by atoms with Gasteiger partial charge in [0.25, 0.3) is 0 Å². The van der Waals surface area contributed by atoms with Gasteiger partial charge < -0.3 is 20.1 Å². The van der Waals surface area contributed by atoms with Crippen LogP contribution in [-0.4, -0.2) is 33.4 Å². The Hall–Kier alpha value is -0.910. The first-order valence-corrected chi connectivity index (χ1v) is 7.22. The van der Waals surface area contributed by atoms with Crippen LogP contribution in [0.2, 0.25) is 0 Å². The molecule has 0 aromatic heterocycles. The monoisotopic (exact) mass is 288 g/mol. The summed E-state index contributed by atoms with van der Waals surface area (Å²) < 4.78 is 5.00. The van der Waals surface area contributed by atoms with Crippen molar-refractivity contribution in [3.63, 3.8) is 0 Å². The largest absolute Gasteiger partial charge is 0.450 e. The van der Waals surface area contributed by atoms with Gasteiger partial charge in [-0.2, -0.15) is 0 Å². The summed E-state index contributed by atoms with van der Waals surface area (Å²) in [5, 5.41) is 27.8. The Labute approximate surface area is 121 Å². The van der Waals surface area contributed by atoms with Crippen LogP contribution in [0.25, 0.3) is 0 Å². The van der Waals surface area contributed by atoms with Gasteiger partial charge in [-0.05, 0) is 33.6 Å². The van der Waals surface area contributed by atoms with Crippen molar-refractivity contribution >= 4 is 5.97 Å². The zero-order valence-corrected chi connectivity index (χ0v) is 13.0. The van der Waals surface area contributed by atoms with Crippen molar-refractivity contribution in [1.29, 1.82) is 0 Å². The fourth-order valence-corrected chi connectivity index (χ4v) is 1.69. The maximum Gasteiger partial charge on any atom is 0.334 e. The molecule has 0 heterocycles. The van der Waals surface area contributed by atoms with Crippen molar-refractivity contribution < 1.29 is 24.9 Å². The molecule has 0 aromatic carbocycles. The summed E-state index contributed by atoms with van der Waals surface area (Å²) in [6.45, 7) is 7.23. The van der Waals surface area contributed by atoms with Gasteiger partial charge in [-0.15, -0.1) is 0 Å². The maximum absolute atomic E-state index is 11.8. The summed E-state index contributed by atoms with van der Waals surface area (Å²) in [7, 11) is 0. The van der Waals surface area contributed by atoms with Gasteiger partial charge in [0.05, 0.1) is 0 Å². The van der Waals surface area contributed by atoms with Gasteiger partial charge in [-0.25, -0.2) is 4.79 Å². The van der Waals surface area contributed by atoms with E-state index < -0.39 is 18.0 Å². The fourth-order valence-electron chi connectivity index (χ4n) is 1.69.